The Bertz CT molecular complexity index is 600. The minimum atomic E-state index is -1.02. The van der Waals surface area contributed by atoms with Crippen molar-refractivity contribution in [3.8, 4) is 5.75 Å². The highest BCUT2D eigenvalue weighted by molar-refractivity contribution is 5.97. The van der Waals surface area contributed by atoms with Gasteiger partial charge in [0.05, 0.1) is 23.5 Å². The molecule has 0 radical (unpaired) electrons. The van der Waals surface area contributed by atoms with E-state index in [0.717, 1.165) is 12.2 Å². The molecule has 4 N–H and O–H groups in total. The van der Waals surface area contributed by atoms with Crippen molar-refractivity contribution in [2.45, 2.75) is 6.42 Å². The standard InChI is InChI=1S/C16H18N2O3/c17-15-13(16(19)20)8-4-9-14(15)18-10-5-11-21-12-6-2-1-3-7-12/h1-4,6-9,18H,5,10-11,17H2,(H,19,20). The van der Waals surface area contributed by atoms with Crippen LogP contribution in [0.25, 0.3) is 0 Å². The number of rotatable bonds is 7. The molecule has 0 atom stereocenters. The second-order valence-corrected chi connectivity index (χ2v) is 4.51. The van der Waals surface area contributed by atoms with E-state index >= 15 is 0 Å². The highest BCUT2D eigenvalue weighted by Gasteiger charge is 2.10. The zero-order chi connectivity index (χ0) is 15.1. The largest absolute Gasteiger partial charge is 0.494 e. The minimum absolute atomic E-state index is 0.112. The summed E-state index contributed by atoms with van der Waals surface area (Å²) in [5.74, 6) is -0.187. The van der Waals surface area contributed by atoms with Gasteiger partial charge in [-0.15, -0.1) is 0 Å². The summed E-state index contributed by atoms with van der Waals surface area (Å²) < 4.78 is 5.57. The molecule has 21 heavy (non-hydrogen) atoms. The van der Waals surface area contributed by atoms with Crippen molar-refractivity contribution in [2.75, 3.05) is 24.2 Å². The molecule has 0 aliphatic rings. The van der Waals surface area contributed by atoms with Crippen molar-refractivity contribution < 1.29 is 14.6 Å². The predicted molar refractivity (Wildman–Crippen MR) is 82.9 cm³/mol. The average Bonchev–Trinajstić information content (AvgIpc) is 2.49. The van der Waals surface area contributed by atoms with E-state index in [-0.39, 0.29) is 11.3 Å². The lowest BCUT2D eigenvalue weighted by molar-refractivity contribution is 0.0698. The third kappa shape index (κ3) is 4.14. The Morgan fingerprint density at radius 3 is 2.62 bits per heavy atom. The average molecular weight is 286 g/mol. The first-order valence-corrected chi connectivity index (χ1v) is 6.72. The topological polar surface area (TPSA) is 84.6 Å². The summed E-state index contributed by atoms with van der Waals surface area (Å²) in [6.45, 7) is 1.23. The number of benzene rings is 2. The van der Waals surface area contributed by atoms with Crippen LogP contribution in [0.5, 0.6) is 5.75 Å². The molecule has 2 aromatic rings. The van der Waals surface area contributed by atoms with E-state index in [1.165, 1.54) is 6.07 Å². The van der Waals surface area contributed by atoms with Gasteiger partial charge in [0.15, 0.2) is 0 Å². The van der Waals surface area contributed by atoms with Gasteiger partial charge in [-0.3, -0.25) is 0 Å². The zero-order valence-corrected chi connectivity index (χ0v) is 11.6. The van der Waals surface area contributed by atoms with E-state index in [1.54, 1.807) is 12.1 Å². The van der Waals surface area contributed by atoms with Crippen LogP contribution in [0.1, 0.15) is 16.8 Å². The monoisotopic (exact) mass is 286 g/mol. The highest BCUT2D eigenvalue weighted by atomic mass is 16.5. The maximum Gasteiger partial charge on any atom is 0.337 e. The number of aromatic carboxylic acids is 1. The van der Waals surface area contributed by atoms with Crippen LogP contribution in [0.4, 0.5) is 11.4 Å². The quantitative estimate of drug-likeness (QED) is 0.538. The first-order chi connectivity index (χ1) is 10.2. The summed E-state index contributed by atoms with van der Waals surface area (Å²) in [6, 6.07) is 14.5. The molecule has 0 aromatic heterocycles. The van der Waals surface area contributed by atoms with E-state index in [0.29, 0.717) is 18.8 Å². The van der Waals surface area contributed by atoms with Crippen molar-refractivity contribution in [3.63, 3.8) is 0 Å². The van der Waals surface area contributed by atoms with E-state index in [1.807, 2.05) is 30.3 Å². The fourth-order valence-corrected chi connectivity index (χ4v) is 1.91. The summed E-state index contributed by atoms with van der Waals surface area (Å²) >= 11 is 0. The van der Waals surface area contributed by atoms with Crippen molar-refractivity contribution >= 4 is 17.3 Å². The molecule has 0 amide bonds. The molecule has 0 fully saturated rings. The van der Waals surface area contributed by atoms with E-state index in [9.17, 15) is 4.79 Å². The van der Waals surface area contributed by atoms with Gasteiger partial charge in [-0.05, 0) is 30.7 Å². The molecule has 2 rings (SSSR count). The molecule has 5 nitrogen and oxygen atoms in total. The Morgan fingerprint density at radius 1 is 1.14 bits per heavy atom. The molecule has 0 spiro atoms. The molecule has 0 bridgehead atoms. The van der Waals surface area contributed by atoms with Crippen LogP contribution in [-0.2, 0) is 0 Å². The molecular formula is C16H18N2O3. The Morgan fingerprint density at radius 2 is 1.90 bits per heavy atom. The lowest BCUT2D eigenvalue weighted by Crippen LogP contribution is -2.10. The normalized spacial score (nSPS) is 10.1. The molecule has 0 aliphatic heterocycles. The molecule has 0 saturated carbocycles. The summed E-state index contributed by atoms with van der Waals surface area (Å²) in [4.78, 5) is 11.0. The second-order valence-electron chi connectivity index (χ2n) is 4.51. The van der Waals surface area contributed by atoms with Crippen LogP contribution in [0, 0.1) is 0 Å². The Balaban J connectivity index is 1.79. The number of para-hydroxylation sites is 2. The van der Waals surface area contributed by atoms with E-state index < -0.39 is 5.97 Å². The van der Waals surface area contributed by atoms with Crippen molar-refractivity contribution in [1.82, 2.24) is 0 Å². The highest BCUT2D eigenvalue weighted by Crippen LogP contribution is 2.22. The predicted octanol–water partition coefficient (Wildman–Crippen LogP) is 2.85. The molecule has 110 valence electrons. The number of hydrogen-bond acceptors (Lipinski definition) is 4. The Kier molecular flexibility index (Phi) is 5.04. The van der Waals surface area contributed by atoms with Crippen LogP contribution < -0.4 is 15.8 Å². The number of carboxylic acids is 1. The molecule has 0 saturated heterocycles. The number of carboxylic acid groups (broad SMARTS) is 1. The van der Waals surface area contributed by atoms with Gasteiger partial charge in [0.1, 0.15) is 5.75 Å². The SMILES string of the molecule is Nc1c(NCCCOc2ccccc2)cccc1C(=O)O. The first kappa shape index (κ1) is 14.7. The first-order valence-electron chi connectivity index (χ1n) is 6.72. The van der Waals surface area contributed by atoms with Crippen molar-refractivity contribution in [1.29, 1.82) is 0 Å². The van der Waals surface area contributed by atoms with E-state index in [2.05, 4.69) is 5.32 Å². The molecule has 0 heterocycles. The zero-order valence-electron chi connectivity index (χ0n) is 11.6. The number of nitrogens with two attached hydrogens (primary N) is 1. The molecular weight excluding hydrogens is 268 g/mol. The van der Waals surface area contributed by atoms with Crippen LogP contribution in [0.3, 0.4) is 0 Å². The molecule has 5 heteroatoms. The maximum absolute atomic E-state index is 11.0. The number of hydrogen-bond donors (Lipinski definition) is 3. The van der Waals surface area contributed by atoms with Gasteiger partial charge in [0, 0.05) is 6.54 Å². The molecule has 2 aromatic carbocycles. The summed E-state index contributed by atoms with van der Waals surface area (Å²) in [5.41, 5.74) is 6.82. The summed E-state index contributed by atoms with van der Waals surface area (Å²) in [5, 5.41) is 12.1. The maximum atomic E-state index is 11.0. The van der Waals surface area contributed by atoms with Gasteiger partial charge >= 0.3 is 5.97 Å². The molecule has 0 unspecified atom stereocenters. The number of nitrogens with one attached hydrogen (secondary N) is 1. The second kappa shape index (κ2) is 7.19. The third-order valence-corrected chi connectivity index (χ3v) is 2.99. The van der Waals surface area contributed by atoms with Crippen LogP contribution in [0.2, 0.25) is 0 Å². The fraction of sp³-hybridized carbons (Fsp3) is 0.188. The smallest absolute Gasteiger partial charge is 0.337 e. The van der Waals surface area contributed by atoms with Gasteiger partial charge in [0.2, 0.25) is 0 Å². The van der Waals surface area contributed by atoms with Crippen molar-refractivity contribution in [3.05, 3.63) is 54.1 Å². The fourth-order valence-electron chi connectivity index (χ4n) is 1.91. The van der Waals surface area contributed by atoms with Crippen molar-refractivity contribution in [2.24, 2.45) is 0 Å². The van der Waals surface area contributed by atoms with Crippen LogP contribution in [-0.4, -0.2) is 24.2 Å². The summed E-state index contributed by atoms with van der Waals surface area (Å²) in [6.07, 6.45) is 0.783. The van der Waals surface area contributed by atoms with Crippen LogP contribution >= 0.6 is 0 Å². The van der Waals surface area contributed by atoms with Crippen LogP contribution in [0.15, 0.2) is 48.5 Å². The van der Waals surface area contributed by atoms with Gasteiger partial charge in [-0.2, -0.15) is 0 Å². The lowest BCUT2D eigenvalue weighted by Gasteiger charge is -2.11. The van der Waals surface area contributed by atoms with Gasteiger partial charge in [0.25, 0.3) is 0 Å². The number of nitrogen functional groups attached to an aromatic ring is 1. The summed E-state index contributed by atoms with van der Waals surface area (Å²) in [7, 11) is 0. The minimum Gasteiger partial charge on any atom is -0.494 e. The van der Waals surface area contributed by atoms with Gasteiger partial charge in [-0.1, -0.05) is 24.3 Å². The third-order valence-electron chi connectivity index (χ3n) is 2.99. The Hall–Kier alpha value is -2.69. The number of anilines is 2. The molecule has 0 aliphatic carbocycles. The van der Waals surface area contributed by atoms with Gasteiger partial charge < -0.3 is 20.9 Å². The number of ether oxygens (including phenoxy) is 1. The Labute approximate surface area is 123 Å². The lowest BCUT2D eigenvalue weighted by atomic mass is 10.1. The van der Waals surface area contributed by atoms with Gasteiger partial charge in [-0.25, -0.2) is 4.79 Å². The number of carbonyl (C=O) groups is 1. The van der Waals surface area contributed by atoms with E-state index in [4.69, 9.17) is 15.6 Å².